The van der Waals surface area contributed by atoms with Crippen molar-refractivity contribution in [2.75, 3.05) is 57.2 Å². The van der Waals surface area contributed by atoms with Gasteiger partial charge in [0.05, 0.1) is 43.4 Å². The van der Waals surface area contributed by atoms with Crippen molar-refractivity contribution in [3.8, 4) is 23.1 Å². The molecule has 5 heterocycles. The first kappa shape index (κ1) is 31.4. The molecule has 0 spiro atoms. The van der Waals surface area contributed by atoms with Crippen LogP contribution in [0.3, 0.4) is 0 Å². The molecule has 250 valence electrons. The highest BCUT2D eigenvalue weighted by Crippen LogP contribution is 2.40. The van der Waals surface area contributed by atoms with E-state index in [9.17, 15) is 4.79 Å². The quantitative estimate of drug-likeness (QED) is 0.206. The van der Waals surface area contributed by atoms with Crippen molar-refractivity contribution in [2.45, 2.75) is 45.9 Å². The van der Waals surface area contributed by atoms with E-state index in [0.29, 0.717) is 71.8 Å². The summed E-state index contributed by atoms with van der Waals surface area (Å²) in [6.07, 6.45) is 6.29. The molecule has 3 aromatic heterocycles. The number of aryl methyl sites for hydroxylation is 1. The number of pyridine rings is 1. The topological polar surface area (TPSA) is 129 Å². The largest absolute Gasteiger partial charge is 0.497 e. The average molecular weight is 653 g/mol. The molecule has 2 aromatic carbocycles. The van der Waals surface area contributed by atoms with Crippen LogP contribution in [0.5, 0.6) is 23.1 Å². The van der Waals surface area contributed by atoms with E-state index in [4.69, 9.17) is 29.0 Å². The number of hydrogen-bond donors (Lipinski definition) is 1. The highest BCUT2D eigenvalue weighted by Gasteiger charge is 2.27. The Balaban J connectivity index is 1.31. The molecule has 1 atom stereocenters. The Labute approximate surface area is 278 Å². The number of benzene rings is 2. The molecule has 0 aliphatic carbocycles. The molecule has 1 N–H and O–H groups in total. The van der Waals surface area contributed by atoms with Gasteiger partial charge in [-0.25, -0.2) is 14.6 Å². The fourth-order valence-electron chi connectivity index (χ4n) is 6.40. The van der Waals surface area contributed by atoms with Crippen molar-refractivity contribution >= 4 is 39.3 Å². The number of nitrogens with one attached hydrogen (secondary N) is 1. The molecule has 5 aromatic rings. The molecule has 2 saturated heterocycles. The van der Waals surface area contributed by atoms with Gasteiger partial charge < -0.3 is 34.1 Å². The third-order valence-electron chi connectivity index (χ3n) is 9.09. The number of carbonyl (C=O) groups is 1. The van der Waals surface area contributed by atoms with Crippen LogP contribution in [0.2, 0.25) is 0 Å². The molecule has 0 radical (unpaired) electrons. The number of ether oxygens (including phenoxy) is 4. The molecule has 0 saturated carbocycles. The van der Waals surface area contributed by atoms with Crippen molar-refractivity contribution in [3.63, 3.8) is 0 Å². The van der Waals surface area contributed by atoms with Gasteiger partial charge in [0.1, 0.15) is 40.6 Å². The number of hydrogen-bond acceptors (Lipinski definition) is 11. The Morgan fingerprint density at radius 3 is 2.73 bits per heavy atom. The number of carbonyl (C=O) groups excluding carboxylic acids is 1. The van der Waals surface area contributed by atoms with Gasteiger partial charge >= 0.3 is 0 Å². The summed E-state index contributed by atoms with van der Waals surface area (Å²) >= 11 is 0. The maximum absolute atomic E-state index is 12.9. The smallest absolute Gasteiger partial charge is 0.242 e. The van der Waals surface area contributed by atoms with Gasteiger partial charge in [-0.3, -0.25) is 4.79 Å². The van der Waals surface area contributed by atoms with Crippen LogP contribution in [-0.2, 0) is 16.1 Å². The standard InChI is InChI=1S/C35H40N8O5/c1-5-41-13-14-42(20-30(41)44)29-17-26-32(34(38-21-37-26)36-18-23-10-11-24(45-3)16-28(23)46-4)35(40-29)48-33-22(2)9-12-27-25(33)19-39-43(27)31-8-6-7-15-47-31/h9-12,16-17,19,21,31H,5-8,13-15,18,20H2,1-4H3,(H,36,37,38). The molecule has 13 nitrogen and oxygen atoms in total. The highest BCUT2D eigenvalue weighted by atomic mass is 16.5. The molecular formula is C35H40N8O5. The van der Waals surface area contributed by atoms with Crippen LogP contribution in [-0.4, -0.2) is 82.5 Å². The molecule has 7 rings (SSSR count). The van der Waals surface area contributed by atoms with Gasteiger partial charge in [0.25, 0.3) is 0 Å². The molecule has 0 bridgehead atoms. The summed E-state index contributed by atoms with van der Waals surface area (Å²) in [6.45, 7) is 7.29. The zero-order valence-electron chi connectivity index (χ0n) is 27.7. The maximum Gasteiger partial charge on any atom is 0.242 e. The lowest BCUT2D eigenvalue weighted by Crippen LogP contribution is -2.50. The Morgan fingerprint density at radius 1 is 1.06 bits per heavy atom. The third kappa shape index (κ3) is 6.01. The van der Waals surface area contributed by atoms with Crippen LogP contribution < -0.4 is 24.4 Å². The highest BCUT2D eigenvalue weighted by molar-refractivity contribution is 5.96. The molecule has 2 aliphatic heterocycles. The first-order chi connectivity index (χ1) is 23.5. The summed E-state index contributed by atoms with van der Waals surface area (Å²) in [5, 5.41) is 9.66. The van der Waals surface area contributed by atoms with Crippen molar-refractivity contribution in [1.29, 1.82) is 0 Å². The summed E-state index contributed by atoms with van der Waals surface area (Å²) in [6, 6.07) is 11.7. The zero-order chi connectivity index (χ0) is 33.2. The number of piperazine rings is 1. The first-order valence-corrected chi connectivity index (χ1v) is 16.4. The second-order valence-corrected chi connectivity index (χ2v) is 12.0. The Hall–Kier alpha value is -5.17. The van der Waals surface area contributed by atoms with Crippen LogP contribution in [0, 0.1) is 6.92 Å². The normalized spacial score (nSPS) is 16.8. The summed E-state index contributed by atoms with van der Waals surface area (Å²) in [5.41, 5.74) is 3.40. The van der Waals surface area contributed by atoms with E-state index in [1.165, 1.54) is 6.33 Å². The lowest BCUT2D eigenvalue weighted by molar-refractivity contribution is -0.130. The van der Waals surface area contributed by atoms with Crippen LogP contribution >= 0.6 is 0 Å². The number of fused-ring (bicyclic) bond motifs is 2. The fourth-order valence-corrected chi connectivity index (χ4v) is 6.40. The number of anilines is 2. The van der Waals surface area contributed by atoms with Gasteiger partial charge in [-0.15, -0.1) is 0 Å². The lowest BCUT2D eigenvalue weighted by atomic mass is 10.1. The van der Waals surface area contributed by atoms with E-state index in [0.717, 1.165) is 47.9 Å². The minimum Gasteiger partial charge on any atom is -0.497 e. The summed E-state index contributed by atoms with van der Waals surface area (Å²) < 4.78 is 25.8. The summed E-state index contributed by atoms with van der Waals surface area (Å²) in [7, 11) is 3.26. The second-order valence-electron chi connectivity index (χ2n) is 12.0. The van der Waals surface area contributed by atoms with Crippen molar-refractivity contribution < 1.29 is 23.7 Å². The van der Waals surface area contributed by atoms with Crippen molar-refractivity contribution in [2.24, 2.45) is 0 Å². The third-order valence-corrected chi connectivity index (χ3v) is 9.09. The van der Waals surface area contributed by atoms with E-state index in [1.54, 1.807) is 14.2 Å². The summed E-state index contributed by atoms with van der Waals surface area (Å²) in [5.74, 6) is 3.58. The van der Waals surface area contributed by atoms with Crippen LogP contribution in [0.15, 0.2) is 48.9 Å². The van der Waals surface area contributed by atoms with E-state index in [1.807, 2.05) is 64.9 Å². The SMILES string of the molecule is CCN1CCN(c2cc3ncnc(NCc4ccc(OC)cc4OC)c3c(Oc3c(C)ccc4c3cnn4C3CCCCO3)n2)CC1=O. The number of methoxy groups -OCH3 is 2. The summed E-state index contributed by atoms with van der Waals surface area (Å²) in [4.78, 5) is 31.0. The number of rotatable bonds is 10. The molecule has 1 amide bonds. The molecule has 48 heavy (non-hydrogen) atoms. The molecule has 13 heteroatoms. The van der Waals surface area contributed by atoms with E-state index in [-0.39, 0.29) is 18.7 Å². The number of likely N-dealkylation sites (N-methyl/N-ethyl adjacent to an activating group) is 1. The van der Waals surface area contributed by atoms with Gasteiger partial charge in [0.15, 0.2) is 6.23 Å². The molecular weight excluding hydrogens is 612 g/mol. The zero-order valence-corrected chi connectivity index (χ0v) is 27.7. The Morgan fingerprint density at radius 2 is 1.96 bits per heavy atom. The lowest BCUT2D eigenvalue weighted by Gasteiger charge is -2.34. The maximum atomic E-state index is 12.9. The molecule has 2 aliphatic rings. The van der Waals surface area contributed by atoms with E-state index < -0.39 is 0 Å². The van der Waals surface area contributed by atoms with Crippen LogP contribution in [0.4, 0.5) is 11.6 Å². The fraction of sp³-hybridized carbons (Fsp3) is 0.400. The molecule has 1 unspecified atom stereocenters. The minimum absolute atomic E-state index is 0.0598. The predicted molar refractivity (Wildman–Crippen MR) is 182 cm³/mol. The molecule has 2 fully saturated rings. The van der Waals surface area contributed by atoms with E-state index in [2.05, 4.69) is 21.4 Å². The monoisotopic (exact) mass is 652 g/mol. The second kappa shape index (κ2) is 13.5. The Kier molecular flexibility index (Phi) is 8.85. The predicted octanol–water partition coefficient (Wildman–Crippen LogP) is 5.47. The van der Waals surface area contributed by atoms with Crippen LogP contribution in [0.1, 0.15) is 43.5 Å². The van der Waals surface area contributed by atoms with Crippen molar-refractivity contribution in [3.05, 3.63) is 60.0 Å². The number of amides is 1. The van der Waals surface area contributed by atoms with Gasteiger partial charge in [-0.1, -0.05) is 6.07 Å². The first-order valence-electron chi connectivity index (χ1n) is 16.4. The van der Waals surface area contributed by atoms with Gasteiger partial charge in [0.2, 0.25) is 11.8 Å². The number of nitrogens with zero attached hydrogens (tertiary/aromatic N) is 7. The minimum atomic E-state index is -0.118. The van der Waals surface area contributed by atoms with Crippen molar-refractivity contribution in [1.82, 2.24) is 29.6 Å². The van der Waals surface area contributed by atoms with Gasteiger partial charge in [-0.2, -0.15) is 10.1 Å². The number of aromatic nitrogens is 5. The average Bonchev–Trinajstić information content (AvgIpc) is 3.56. The van der Waals surface area contributed by atoms with Gasteiger partial charge in [-0.05, 0) is 56.9 Å². The van der Waals surface area contributed by atoms with E-state index >= 15 is 0 Å². The van der Waals surface area contributed by atoms with Crippen LogP contribution in [0.25, 0.3) is 21.8 Å². The van der Waals surface area contributed by atoms with Gasteiger partial charge in [0, 0.05) is 50.5 Å². The Bertz CT molecular complexity index is 1960.